The molecule has 6 nitrogen and oxygen atoms in total. The lowest BCUT2D eigenvalue weighted by Gasteiger charge is -2.01. The fraction of sp³-hybridized carbons (Fsp3) is 0.143. The summed E-state index contributed by atoms with van der Waals surface area (Å²) in [5, 5.41) is 8.72. The molecule has 2 aromatic carbocycles. The number of benzene rings is 2. The van der Waals surface area contributed by atoms with Crippen LogP contribution in [0.4, 0.5) is 11.4 Å². The normalized spacial score (nSPS) is 11.1. The van der Waals surface area contributed by atoms with Crippen molar-refractivity contribution in [2.75, 3.05) is 17.8 Å². The first-order valence-electron chi connectivity index (χ1n) is 6.25. The number of aliphatic hydroxyl groups excluding tert-OH is 1. The lowest BCUT2D eigenvalue weighted by atomic mass is 10.3. The van der Waals surface area contributed by atoms with E-state index in [4.69, 9.17) is 5.11 Å². The Morgan fingerprint density at radius 3 is 2.19 bits per heavy atom. The van der Waals surface area contributed by atoms with Gasteiger partial charge in [0.2, 0.25) is 0 Å². The van der Waals surface area contributed by atoms with Crippen molar-refractivity contribution in [3.8, 4) is 0 Å². The molecule has 0 saturated heterocycles. The maximum atomic E-state index is 11.9. The predicted octanol–water partition coefficient (Wildman–Crippen LogP) is 1.89. The van der Waals surface area contributed by atoms with Crippen molar-refractivity contribution in [2.24, 2.45) is 0 Å². The van der Waals surface area contributed by atoms with E-state index < -0.39 is 16.4 Å². The van der Waals surface area contributed by atoms with Crippen LogP contribution in [0.25, 0.3) is 0 Å². The van der Waals surface area contributed by atoms with Gasteiger partial charge in [0.1, 0.15) is 5.69 Å². The van der Waals surface area contributed by atoms with Crippen LogP contribution in [0.1, 0.15) is 0 Å². The Morgan fingerprint density at radius 2 is 1.62 bits per heavy atom. The third kappa shape index (κ3) is 3.87. The minimum absolute atomic E-state index is 0.0772. The van der Waals surface area contributed by atoms with Crippen molar-refractivity contribution in [3.63, 3.8) is 0 Å². The molecule has 0 bridgehead atoms. The Labute approximate surface area is 122 Å². The monoisotopic (exact) mass is 307 g/mol. The molecular weight excluding hydrogens is 292 g/mol. The van der Waals surface area contributed by atoms with Gasteiger partial charge in [-0.25, -0.2) is 8.42 Å². The zero-order valence-electron chi connectivity index (χ0n) is 11.1. The average molecular weight is 307 g/mol. The lowest BCUT2D eigenvalue weighted by molar-refractivity contribution is -0.427. The number of nitrogens with one attached hydrogen (secondary N) is 1. The second-order valence-electron chi connectivity index (χ2n) is 4.31. The highest BCUT2D eigenvalue weighted by atomic mass is 32.2. The number of rotatable bonds is 6. The number of nitroso groups, excluding NO2 is 1. The lowest BCUT2D eigenvalue weighted by Crippen LogP contribution is -2.12. The van der Waals surface area contributed by atoms with Crippen molar-refractivity contribution >= 4 is 21.2 Å². The van der Waals surface area contributed by atoms with E-state index in [1.807, 2.05) is 6.07 Å². The van der Waals surface area contributed by atoms with E-state index in [9.17, 15) is 13.3 Å². The molecule has 110 valence electrons. The number of hydrogen-bond acceptors (Lipinski definition) is 4. The fourth-order valence-electron chi connectivity index (χ4n) is 1.72. The molecule has 2 N–H and O–H groups in total. The third-order valence-electron chi connectivity index (χ3n) is 2.79. The van der Waals surface area contributed by atoms with Gasteiger partial charge in [0.05, 0.1) is 22.2 Å². The summed E-state index contributed by atoms with van der Waals surface area (Å²) in [7, 11) is -3.50. The minimum atomic E-state index is -3.50. The highest BCUT2D eigenvalue weighted by molar-refractivity contribution is 7.91. The summed E-state index contributed by atoms with van der Waals surface area (Å²) in [5.41, 5.74) is 3.54. The van der Waals surface area contributed by atoms with E-state index in [0.29, 0.717) is 10.6 Å². The van der Waals surface area contributed by atoms with Gasteiger partial charge in [-0.3, -0.25) is 0 Å². The van der Waals surface area contributed by atoms with Crippen LogP contribution in [0, 0.1) is 4.91 Å². The van der Waals surface area contributed by atoms with E-state index in [1.165, 1.54) is 24.3 Å². The molecule has 21 heavy (non-hydrogen) atoms. The maximum absolute atomic E-state index is 11.9. The second-order valence-corrected chi connectivity index (χ2v) is 6.42. The van der Waals surface area contributed by atoms with Crippen molar-refractivity contribution in [2.45, 2.75) is 4.90 Å². The zero-order valence-corrected chi connectivity index (χ0v) is 12.0. The van der Waals surface area contributed by atoms with Crippen molar-refractivity contribution in [1.29, 1.82) is 0 Å². The van der Waals surface area contributed by atoms with Gasteiger partial charge in [-0.05, 0) is 24.3 Å². The molecule has 0 aliphatic heterocycles. The van der Waals surface area contributed by atoms with Crippen molar-refractivity contribution in [1.82, 2.24) is 0 Å². The third-order valence-corrected chi connectivity index (χ3v) is 4.51. The van der Waals surface area contributed by atoms with Crippen LogP contribution in [0.5, 0.6) is 0 Å². The van der Waals surface area contributed by atoms with Crippen molar-refractivity contribution < 1.29 is 18.4 Å². The van der Waals surface area contributed by atoms with Crippen LogP contribution in [-0.4, -0.2) is 30.8 Å². The summed E-state index contributed by atoms with van der Waals surface area (Å²) in [4.78, 5) is 12.5. The number of hydrazine groups is 1. The first-order valence-corrected chi connectivity index (χ1v) is 7.91. The minimum Gasteiger partial charge on any atom is -0.395 e. The molecule has 0 atom stereocenters. The Morgan fingerprint density at radius 1 is 1.00 bits per heavy atom. The highest BCUT2D eigenvalue weighted by Crippen LogP contribution is 2.18. The van der Waals surface area contributed by atoms with E-state index in [1.54, 1.807) is 24.3 Å². The van der Waals surface area contributed by atoms with Gasteiger partial charge in [-0.15, -0.1) is 5.43 Å². The van der Waals surface area contributed by atoms with Crippen LogP contribution < -0.4 is 5.43 Å². The van der Waals surface area contributed by atoms with Crippen LogP contribution in [-0.2, 0) is 9.84 Å². The fourth-order valence-corrected chi connectivity index (χ4v) is 2.75. The standard InChI is InChI=1S/C14H15N2O4S/c17-10-11-21(19,20)14-8-6-13(7-9-14)16(18)15-12-4-2-1-3-5-12/h1-9,17H,10-11H2,(H,15,18)/q+1. The van der Waals surface area contributed by atoms with Gasteiger partial charge in [0.25, 0.3) is 5.69 Å². The smallest absolute Gasteiger partial charge is 0.292 e. The molecule has 7 heteroatoms. The molecular formula is C14H15N2O4S+. The summed E-state index contributed by atoms with van der Waals surface area (Å²) in [6, 6.07) is 14.4. The molecule has 0 saturated carbocycles. The highest BCUT2D eigenvalue weighted by Gasteiger charge is 2.18. The van der Waals surface area contributed by atoms with E-state index in [0.717, 1.165) is 0 Å². The summed E-state index contributed by atoms with van der Waals surface area (Å²) in [6.07, 6.45) is 0. The number of aliphatic hydroxyl groups is 1. The summed E-state index contributed by atoms with van der Waals surface area (Å²) >= 11 is 0. The number of anilines is 1. The molecule has 0 amide bonds. The van der Waals surface area contributed by atoms with Gasteiger partial charge < -0.3 is 5.11 Å². The van der Waals surface area contributed by atoms with Crippen LogP contribution >= 0.6 is 0 Å². The van der Waals surface area contributed by atoms with E-state index >= 15 is 0 Å². The van der Waals surface area contributed by atoms with Gasteiger partial charge in [-0.1, -0.05) is 18.2 Å². The predicted molar refractivity (Wildman–Crippen MR) is 78.9 cm³/mol. The van der Waals surface area contributed by atoms with Crippen LogP contribution in [0.3, 0.4) is 0 Å². The summed E-state index contributed by atoms with van der Waals surface area (Å²) < 4.78 is 23.5. The zero-order chi connectivity index (χ0) is 15.3. The van der Waals surface area contributed by atoms with Gasteiger partial charge in [-0.2, -0.15) is 0 Å². The Kier molecular flexibility index (Phi) is 4.66. The number of sulfone groups is 1. The Bertz CT molecular complexity index is 712. The Balaban J connectivity index is 2.14. The van der Waals surface area contributed by atoms with E-state index in [-0.39, 0.29) is 16.3 Å². The SMILES string of the molecule is O=[N+](Nc1ccccc1)c1ccc(S(=O)(=O)CCO)cc1. The molecule has 2 aromatic rings. The van der Waals surface area contributed by atoms with Crippen LogP contribution in [0.15, 0.2) is 59.5 Å². The molecule has 0 heterocycles. The molecule has 0 aliphatic rings. The number of nitrogens with zero attached hydrogens (tertiary/aromatic N) is 1. The number of hydrogen-bond donors (Lipinski definition) is 2. The molecule has 0 fully saturated rings. The molecule has 0 radical (unpaired) electrons. The second kappa shape index (κ2) is 6.47. The Hall–Kier alpha value is -2.25. The molecule has 0 aromatic heterocycles. The molecule has 2 rings (SSSR count). The maximum Gasteiger partial charge on any atom is 0.292 e. The first kappa shape index (κ1) is 15.1. The average Bonchev–Trinajstić information content (AvgIpc) is 2.48. The first-order chi connectivity index (χ1) is 10.0. The van der Waals surface area contributed by atoms with Gasteiger partial charge in [0.15, 0.2) is 14.7 Å². The molecule has 0 spiro atoms. The summed E-state index contributed by atoms with van der Waals surface area (Å²) in [6.45, 7) is -0.437. The number of para-hydroxylation sites is 1. The molecule has 0 aliphatic carbocycles. The van der Waals surface area contributed by atoms with Gasteiger partial charge in [0, 0.05) is 12.1 Å². The van der Waals surface area contributed by atoms with Crippen molar-refractivity contribution in [3.05, 3.63) is 59.5 Å². The van der Waals surface area contributed by atoms with E-state index in [2.05, 4.69) is 5.43 Å². The largest absolute Gasteiger partial charge is 0.395 e. The van der Waals surface area contributed by atoms with Gasteiger partial charge >= 0.3 is 0 Å². The molecule has 0 unspecified atom stereocenters. The summed E-state index contributed by atoms with van der Waals surface area (Å²) in [5.74, 6) is -0.338. The topological polar surface area (TPSA) is 86.5 Å². The van der Waals surface area contributed by atoms with Crippen LogP contribution in [0.2, 0.25) is 0 Å². The quantitative estimate of drug-likeness (QED) is 0.628.